The van der Waals surface area contributed by atoms with Crippen LogP contribution < -0.4 is 5.32 Å². The summed E-state index contributed by atoms with van der Waals surface area (Å²) >= 11 is 3.37. The topological polar surface area (TPSA) is 49.3 Å². The molecule has 1 unspecified atom stereocenters. The first kappa shape index (κ1) is 13.6. The van der Waals surface area contributed by atoms with E-state index >= 15 is 0 Å². The van der Waals surface area contributed by atoms with E-state index in [9.17, 15) is 9.90 Å². The standard InChI is InChI=1S/C15H14BrNO2/c1-15(14(18)19,11-6-5-7-12(16)10-11)17-13-8-3-2-4-9-13/h2-10,17H,1H3,(H,18,19). The molecular formula is C15H14BrNO2. The number of hydrogen-bond donors (Lipinski definition) is 2. The van der Waals surface area contributed by atoms with Gasteiger partial charge in [0.15, 0.2) is 5.54 Å². The van der Waals surface area contributed by atoms with Crippen LogP contribution in [0.15, 0.2) is 59.1 Å². The molecule has 1 atom stereocenters. The number of para-hydroxylation sites is 1. The van der Waals surface area contributed by atoms with Gasteiger partial charge >= 0.3 is 5.97 Å². The Morgan fingerprint density at radius 1 is 1.16 bits per heavy atom. The molecule has 0 radical (unpaired) electrons. The summed E-state index contributed by atoms with van der Waals surface area (Å²) in [6, 6.07) is 16.6. The van der Waals surface area contributed by atoms with E-state index in [0.717, 1.165) is 10.2 Å². The molecule has 0 amide bonds. The van der Waals surface area contributed by atoms with Gasteiger partial charge in [0, 0.05) is 10.2 Å². The van der Waals surface area contributed by atoms with Gasteiger partial charge in [-0.2, -0.15) is 0 Å². The van der Waals surface area contributed by atoms with E-state index in [0.29, 0.717) is 5.56 Å². The first-order chi connectivity index (χ1) is 9.02. The summed E-state index contributed by atoms with van der Waals surface area (Å²) in [6.45, 7) is 1.66. The third kappa shape index (κ3) is 2.96. The number of carboxylic acid groups (broad SMARTS) is 1. The van der Waals surface area contributed by atoms with E-state index in [-0.39, 0.29) is 0 Å². The maximum atomic E-state index is 11.7. The number of aliphatic carboxylic acids is 1. The van der Waals surface area contributed by atoms with Crippen molar-refractivity contribution in [3.8, 4) is 0 Å². The van der Waals surface area contributed by atoms with Gasteiger partial charge in [0.25, 0.3) is 0 Å². The number of hydrogen-bond acceptors (Lipinski definition) is 2. The lowest BCUT2D eigenvalue weighted by molar-refractivity contribution is -0.142. The molecule has 0 fully saturated rings. The molecular weight excluding hydrogens is 306 g/mol. The van der Waals surface area contributed by atoms with Crippen LogP contribution >= 0.6 is 15.9 Å². The molecule has 0 heterocycles. The second kappa shape index (κ2) is 5.45. The van der Waals surface area contributed by atoms with Gasteiger partial charge in [-0.3, -0.25) is 0 Å². The maximum absolute atomic E-state index is 11.7. The molecule has 0 bridgehead atoms. The highest BCUT2D eigenvalue weighted by Crippen LogP contribution is 2.28. The van der Waals surface area contributed by atoms with Gasteiger partial charge < -0.3 is 10.4 Å². The van der Waals surface area contributed by atoms with Crippen LogP contribution in [0.5, 0.6) is 0 Å². The van der Waals surface area contributed by atoms with Gasteiger partial charge in [0.05, 0.1) is 0 Å². The number of rotatable bonds is 4. The molecule has 4 heteroatoms. The Hall–Kier alpha value is -1.81. The van der Waals surface area contributed by atoms with E-state index in [1.54, 1.807) is 13.0 Å². The summed E-state index contributed by atoms with van der Waals surface area (Å²) in [6.07, 6.45) is 0. The average Bonchev–Trinajstić information content (AvgIpc) is 2.39. The average molecular weight is 320 g/mol. The van der Waals surface area contributed by atoms with E-state index in [4.69, 9.17) is 0 Å². The van der Waals surface area contributed by atoms with Crippen molar-refractivity contribution in [3.05, 3.63) is 64.6 Å². The molecule has 98 valence electrons. The fraction of sp³-hybridized carbons (Fsp3) is 0.133. The SMILES string of the molecule is CC(Nc1ccccc1)(C(=O)O)c1cccc(Br)c1. The number of halogens is 1. The fourth-order valence-electron chi connectivity index (χ4n) is 1.86. The van der Waals surface area contributed by atoms with E-state index in [2.05, 4.69) is 21.2 Å². The summed E-state index contributed by atoms with van der Waals surface area (Å²) in [4.78, 5) is 11.7. The van der Waals surface area contributed by atoms with Gasteiger partial charge in [-0.15, -0.1) is 0 Å². The highest BCUT2D eigenvalue weighted by molar-refractivity contribution is 9.10. The van der Waals surface area contributed by atoms with Crippen molar-refractivity contribution in [1.82, 2.24) is 0 Å². The predicted octanol–water partition coefficient (Wildman–Crippen LogP) is 3.86. The lowest BCUT2D eigenvalue weighted by atomic mass is 9.91. The van der Waals surface area contributed by atoms with Crippen LogP contribution in [0.2, 0.25) is 0 Å². The molecule has 19 heavy (non-hydrogen) atoms. The van der Waals surface area contributed by atoms with Crippen molar-refractivity contribution in [1.29, 1.82) is 0 Å². The van der Waals surface area contributed by atoms with Crippen molar-refractivity contribution in [3.63, 3.8) is 0 Å². The molecule has 2 aromatic carbocycles. The Labute approximate surface area is 120 Å². The largest absolute Gasteiger partial charge is 0.479 e. The zero-order chi connectivity index (χ0) is 13.9. The van der Waals surface area contributed by atoms with Crippen molar-refractivity contribution in [2.45, 2.75) is 12.5 Å². The van der Waals surface area contributed by atoms with Crippen molar-refractivity contribution in [2.24, 2.45) is 0 Å². The minimum Gasteiger partial charge on any atom is -0.479 e. The normalized spacial score (nSPS) is 13.6. The molecule has 0 aromatic heterocycles. The van der Waals surface area contributed by atoms with Gasteiger partial charge in [0.2, 0.25) is 0 Å². The highest BCUT2D eigenvalue weighted by Gasteiger charge is 2.35. The Morgan fingerprint density at radius 3 is 2.42 bits per heavy atom. The van der Waals surface area contributed by atoms with E-state index in [1.165, 1.54) is 0 Å². The minimum atomic E-state index is -1.18. The Balaban J connectivity index is 2.41. The van der Waals surface area contributed by atoms with Crippen LogP contribution in [-0.4, -0.2) is 11.1 Å². The molecule has 0 saturated carbocycles. The second-order valence-corrected chi connectivity index (χ2v) is 5.35. The zero-order valence-electron chi connectivity index (χ0n) is 10.4. The zero-order valence-corrected chi connectivity index (χ0v) is 12.0. The number of carbonyl (C=O) groups is 1. The van der Waals surface area contributed by atoms with Crippen LogP contribution in [0.1, 0.15) is 12.5 Å². The van der Waals surface area contributed by atoms with Gasteiger partial charge in [-0.05, 0) is 36.8 Å². The third-order valence-electron chi connectivity index (χ3n) is 3.00. The number of anilines is 1. The van der Waals surface area contributed by atoms with Crippen molar-refractivity contribution < 1.29 is 9.90 Å². The molecule has 0 aliphatic rings. The molecule has 0 spiro atoms. The van der Waals surface area contributed by atoms with Crippen molar-refractivity contribution >= 4 is 27.6 Å². The fourth-order valence-corrected chi connectivity index (χ4v) is 2.26. The van der Waals surface area contributed by atoms with Gasteiger partial charge in [0.1, 0.15) is 0 Å². The maximum Gasteiger partial charge on any atom is 0.333 e. The monoisotopic (exact) mass is 319 g/mol. The smallest absolute Gasteiger partial charge is 0.333 e. The lowest BCUT2D eigenvalue weighted by Crippen LogP contribution is -2.40. The van der Waals surface area contributed by atoms with E-state index < -0.39 is 11.5 Å². The quantitative estimate of drug-likeness (QED) is 0.899. The third-order valence-corrected chi connectivity index (χ3v) is 3.49. The molecule has 0 saturated heterocycles. The summed E-state index contributed by atoms with van der Waals surface area (Å²) in [7, 11) is 0. The molecule has 2 N–H and O–H groups in total. The summed E-state index contributed by atoms with van der Waals surface area (Å²) in [5, 5.41) is 12.6. The molecule has 3 nitrogen and oxygen atoms in total. The predicted molar refractivity (Wildman–Crippen MR) is 79.2 cm³/mol. The summed E-state index contributed by atoms with van der Waals surface area (Å²) in [5.74, 6) is -0.922. The van der Waals surface area contributed by atoms with Crippen LogP contribution in [0.3, 0.4) is 0 Å². The van der Waals surface area contributed by atoms with Crippen LogP contribution in [0.4, 0.5) is 5.69 Å². The molecule has 2 aromatic rings. The number of benzene rings is 2. The minimum absolute atomic E-state index is 0.693. The molecule has 0 aliphatic carbocycles. The molecule has 0 aliphatic heterocycles. The summed E-state index contributed by atoms with van der Waals surface area (Å²) in [5.41, 5.74) is 0.288. The van der Waals surface area contributed by atoms with Gasteiger partial charge in [-0.25, -0.2) is 4.79 Å². The van der Waals surface area contributed by atoms with Crippen molar-refractivity contribution in [2.75, 3.05) is 5.32 Å². The molecule has 2 rings (SSSR count). The Kier molecular flexibility index (Phi) is 3.90. The van der Waals surface area contributed by atoms with Gasteiger partial charge in [-0.1, -0.05) is 46.3 Å². The van der Waals surface area contributed by atoms with Crippen LogP contribution in [0.25, 0.3) is 0 Å². The van der Waals surface area contributed by atoms with Crippen LogP contribution in [0, 0.1) is 0 Å². The number of carboxylic acids is 1. The van der Waals surface area contributed by atoms with E-state index in [1.807, 2.05) is 48.5 Å². The lowest BCUT2D eigenvalue weighted by Gasteiger charge is -2.28. The number of nitrogens with one attached hydrogen (secondary N) is 1. The highest BCUT2D eigenvalue weighted by atomic mass is 79.9. The second-order valence-electron chi connectivity index (χ2n) is 4.43. The first-order valence-electron chi connectivity index (χ1n) is 5.85. The Morgan fingerprint density at radius 2 is 1.84 bits per heavy atom. The van der Waals surface area contributed by atoms with Crippen LogP contribution in [-0.2, 0) is 10.3 Å². The first-order valence-corrected chi connectivity index (χ1v) is 6.64. The summed E-state index contributed by atoms with van der Waals surface area (Å²) < 4.78 is 0.854. The Bertz CT molecular complexity index is 586.